The summed E-state index contributed by atoms with van der Waals surface area (Å²) in [7, 11) is 0. The molecule has 3 rings (SSSR count). The van der Waals surface area contributed by atoms with Crippen molar-refractivity contribution in [3.05, 3.63) is 58.7 Å². The number of hydrogen-bond donors (Lipinski definition) is 1. The standard InChI is InChI=1S/C16H14N2O2/c17-9-12-14(10-5-2-1-3-6-10)11-7-4-8-13(19)15(11)20-16(12)18/h1-3,5-6,14H,4,7-8,18H2. The van der Waals surface area contributed by atoms with E-state index in [1.54, 1.807) is 0 Å². The van der Waals surface area contributed by atoms with E-state index in [9.17, 15) is 10.1 Å². The monoisotopic (exact) mass is 266 g/mol. The number of allylic oxidation sites excluding steroid dienone is 3. The van der Waals surface area contributed by atoms with Gasteiger partial charge < -0.3 is 10.5 Å². The maximum atomic E-state index is 12.0. The van der Waals surface area contributed by atoms with Crippen LogP contribution in [0.4, 0.5) is 0 Å². The fourth-order valence-electron chi connectivity index (χ4n) is 2.86. The van der Waals surface area contributed by atoms with Gasteiger partial charge in [-0.2, -0.15) is 5.26 Å². The topological polar surface area (TPSA) is 76.1 Å². The molecule has 0 bridgehead atoms. The Labute approximate surface area is 117 Å². The second-order valence-corrected chi connectivity index (χ2v) is 4.97. The maximum Gasteiger partial charge on any atom is 0.205 e. The zero-order chi connectivity index (χ0) is 14.1. The first kappa shape index (κ1) is 12.5. The van der Waals surface area contributed by atoms with Crippen molar-refractivity contribution >= 4 is 5.78 Å². The van der Waals surface area contributed by atoms with Gasteiger partial charge in [0, 0.05) is 12.3 Å². The molecule has 0 fully saturated rings. The number of nitriles is 1. The van der Waals surface area contributed by atoms with E-state index < -0.39 is 0 Å². The summed E-state index contributed by atoms with van der Waals surface area (Å²) in [5, 5.41) is 9.37. The molecule has 0 aromatic heterocycles. The highest BCUT2D eigenvalue weighted by atomic mass is 16.5. The van der Waals surface area contributed by atoms with Crippen LogP contribution in [0.15, 0.2) is 53.1 Å². The van der Waals surface area contributed by atoms with Crippen LogP contribution >= 0.6 is 0 Å². The van der Waals surface area contributed by atoms with Gasteiger partial charge in [0.25, 0.3) is 0 Å². The minimum Gasteiger partial charge on any atom is -0.437 e. The molecule has 20 heavy (non-hydrogen) atoms. The first-order valence-electron chi connectivity index (χ1n) is 6.61. The molecule has 4 nitrogen and oxygen atoms in total. The lowest BCUT2D eigenvalue weighted by Gasteiger charge is -2.31. The Kier molecular flexibility index (Phi) is 3.03. The normalized spacial score (nSPS) is 22.1. The molecule has 2 aliphatic rings. The number of carbonyl (C=O) groups is 1. The molecule has 1 unspecified atom stereocenters. The van der Waals surface area contributed by atoms with Crippen molar-refractivity contribution in [2.75, 3.05) is 0 Å². The Hall–Kier alpha value is -2.54. The number of benzene rings is 1. The summed E-state index contributed by atoms with van der Waals surface area (Å²) >= 11 is 0. The first-order valence-corrected chi connectivity index (χ1v) is 6.61. The molecule has 0 saturated heterocycles. The number of carbonyl (C=O) groups excluding carboxylic acids is 1. The van der Waals surface area contributed by atoms with E-state index in [-0.39, 0.29) is 17.6 Å². The van der Waals surface area contributed by atoms with Gasteiger partial charge in [-0.1, -0.05) is 30.3 Å². The average molecular weight is 266 g/mol. The number of ketones is 1. The van der Waals surface area contributed by atoms with E-state index in [0.29, 0.717) is 17.8 Å². The summed E-state index contributed by atoms with van der Waals surface area (Å²) in [6.07, 6.45) is 2.04. The maximum absolute atomic E-state index is 12.0. The van der Waals surface area contributed by atoms with E-state index in [1.165, 1.54) is 0 Å². The molecule has 1 aromatic rings. The van der Waals surface area contributed by atoms with Crippen molar-refractivity contribution in [1.82, 2.24) is 0 Å². The van der Waals surface area contributed by atoms with Crippen LogP contribution in [-0.2, 0) is 9.53 Å². The quantitative estimate of drug-likeness (QED) is 0.847. The summed E-state index contributed by atoms with van der Waals surface area (Å²) in [5.41, 5.74) is 8.09. The summed E-state index contributed by atoms with van der Waals surface area (Å²) in [4.78, 5) is 12.0. The van der Waals surface area contributed by atoms with Crippen LogP contribution < -0.4 is 5.73 Å². The van der Waals surface area contributed by atoms with Gasteiger partial charge in [0.15, 0.2) is 11.5 Å². The van der Waals surface area contributed by atoms with Crippen molar-refractivity contribution < 1.29 is 9.53 Å². The molecule has 1 aromatic carbocycles. The summed E-state index contributed by atoms with van der Waals surface area (Å²) in [5.74, 6) is 0.123. The fraction of sp³-hybridized carbons (Fsp3) is 0.250. The largest absolute Gasteiger partial charge is 0.437 e. The summed E-state index contributed by atoms with van der Waals surface area (Å²) in [6.45, 7) is 0. The Balaban J connectivity index is 2.17. The van der Waals surface area contributed by atoms with Gasteiger partial charge in [0.2, 0.25) is 5.88 Å². The van der Waals surface area contributed by atoms with Crippen LogP contribution in [0.25, 0.3) is 0 Å². The van der Waals surface area contributed by atoms with Crippen LogP contribution in [-0.4, -0.2) is 5.78 Å². The number of nitrogens with zero attached hydrogens (tertiary/aromatic N) is 1. The first-order chi connectivity index (χ1) is 9.72. The van der Waals surface area contributed by atoms with Crippen LogP contribution in [0.2, 0.25) is 0 Å². The van der Waals surface area contributed by atoms with E-state index in [4.69, 9.17) is 10.5 Å². The summed E-state index contributed by atoms with van der Waals surface area (Å²) in [6, 6.07) is 11.8. The highest BCUT2D eigenvalue weighted by Gasteiger charge is 2.36. The molecular formula is C16H14N2O2. The van der Waals surface area contributed by atoms with Crippen molar-refractivity contribution in [1.29, 1.82) is 5.26 Å². The number of Topliss-reactive ketones (excluding diaryl/α,β-unsaturated/α-hetero) is 1. The third-order valence-electron chi connectivity index (χ3n) is 3.76. The van der Waals surface area contributed by atoms with Gasteiger partial charge in [-0.25, -0.2) is 0 Å². The zero-order valence-corrected chi connectivity index (χ0v) is 10.9. The minimum absolute atomic E-state index is 0.0212. The fourth-order valence-corrected chi connectivity index (χ4v) is 2.86. The number of nitrogens with two attached hydrogens (primary N) is 1. The SMILES string of the molecule is N#CC1=C(N)OC2=C(CCCC2=O)C1c1ccccc1. The minimum atomic E-state index is -0.255. The lowest BCUT2D eigenvalue weighted by Crippen LogP contribution is -2.26. The molecule has 100 valence electrons. The highest BCUT2D eigenvalue weighted by Crippen LogP contribution is 2.43. The van der Waals surface area contributed by atoms with Gasteiger partial charge >= 0.3 is 0 Å². The lowest BCUT2D eigenvalue weighted by atomic mass is 9.78. The Morgan fingerprint density at radius 3 is 2.70 bits per heavy atom. The predicted octanol–water partition coefficient (Wildman–Crippen LogP) is 2.50. The smallest absolute Gasteiger partial charge is 0.205 e. The second kappa shape index (κ2) is 4.86. The Bertz CT molecular complexity index is 665. The molecule has 1 aliphatic heterocycles. The molecule has 0 amide bonds. The van der Waals surface area contributed by atoms with Gasteiger partial charge in [-0.3, -0.25) is 4.79 Å². The van der Waals surface area contributed by atoms with Gasteiger partial charge in [-0.15, -0.1) is 0 Å². The van der Waals surface area contributed by atoms with E-state index in [2.05, 4.69) is 6.07 Å². The van der Waals surface area contributed by atoms with Crippen LogP contribution in [0, 0.1) is 11.3 Å². The molecule has 2 N–H and O–H groups in total. The van der Waals surface area contributed by atoms with Crippen LogP contribution in [0.1, 0.15) is 30.7 Å². The molecular weight excluding hydrogens is 252 g/mol. The highest BCUT2D eigenvalue weighted by molar-refractivity contribution is 5.96. The van der Waals surface area contributed by atoms with E-state index >= 15 is 0 Å². The average Bonchev–Trinajstić information content (AvgIpc) is 2.48. The van der Waals surface area contributed by atoms with Crippen molar-refractivity contribution in [2.45, 2.75) is 25.2 Å². The summed E-state index contributed by atoms with van der Waals surface area (Å²) < 4.78 is 5.42. The van der Waals surface area contributed by atoms with Crippen molar-refractivity contribution in [2.24, 2.45) is 5.73 Å². The van der Waals surface area contributed by atoms with E-state index in [0.717, 1.165) is 24.0 Å². The lowest BCUT2D eigenvalue weighted by molar-refractivity contribution is -0.119. The molecule has 0 spiro atoms. The van der Waals surface area contributed by atoms with Crippen LogP contribution in [0.3, 0.4) is 0 Å². The number of ether oxygens (including phenoxy) is 1. The predicted molar refractivity (Wildman–Crippen MR) is 73.0 cm³/mol. The molecule has 1 atom stereocenters. The molecule has 0 saturated carbocycles. The molecule has 1 heterocycles. The third-order valence-corrected chi connectivity index (χ3v) is 3.76. The molecule has 1 aliphatic carbocycles. The van der Waals surface area contributed by atoms with Crippen LogP contribution in [0.5, 0.6) is 0 Å². The molecule has 0 radical (unpaired) electrons. The third kappa shape index (κ3) is 1.88. The second-order valence-electron chi connectivity index (χ2n) is 4.97. The van der Waals surface area contributed by atoms with Gasteiger partial charge in [-0.05, 0) is 24.0 Å². The zero-order valence-electron chi connectivity index (χ0n) is 10.9. The van der Waals surface area contributed by atoms with E-state index in [1.807, 2.05) is 30.3 Å². The Morgan fingerprint density at radius 1 is 1.25 bits per heavy atom. The number of hydrogen-bond acceptors (Lipinski definition) is 4. The van der Waals surface area contributed by atoms with Crippen molar-refractivity contribution in [3.63, 3.8) is 0 Å². The van der Waals surface area contributed by atoms with Gasteiger partial charge in [0.05, 0.1) is 0 Å². The van der Waals surface area contributed by atoms with Gasteiger partial charge in [0.1, 0.15) is 11.6 Å². The number of rotatable bonds is 1. The molecule has 4 heteroatoms. The Morgan fingerprint density at radius 2 is 2.00 bits per heavy atom. The van der Waals surface area contributed by atoms with Crippen molar-refractivity contribution in [3.8, 4) is 6.07 Å².